The van der Waals surface area contributed by atoms with Gasteiger partial charge in [-0.1, -0.05) is 18.2 Å². The van der Waals surface area contributed by atoms with Gasteiger partial charge in [0.15, 0.2) is 5.82 Å². The van der Waals surface area contributed by atoms with Crippen LogP contribution in [0.15, 0.2) is 42.6 Å². The van der Waals surface area contributed by atoms with E-state index in [9.17, 15) is 5.11 Å². The van der Waals surface area contributed by atoms with E-state index >= 15 is 0 Å². The van der Waals surface area contributed by atoms with Gasteiger partial charge in [0.05, 0.1) is 25.5 Å². The molecule has 0 saturated carbocycles. The van der Waals surface area contributed by atoms with E-state index in [0.29, 0.717) is 31.3 Å². The summed E-state index contributed by atoms with van der Waals surface area (Å²) in [4.78, 5) is 14.8. The van der Waals surface area contributed by atoms with E-state index in [1.54, 1.807) is 0 Å². The Kier molecular flexibility index (Phi) is 6.79. The van der Waals surface area contributed by atoms with Gasteiger partial charge < -0.3 is 24.8 Å². The number of nitrogens with one attached hydrogen (secondary N) is 1. The topological polar surface area (TPSA) is 112 Å². The Bertz CT molecular complexity index is 1180. The monoisotopic (exact) mass is 436 g/mol. The van der Waals surface area contributed by atoms with Gasteiger partial charge in [-0.15, -0.1) is 0 Å². The number of fused-ring (bicyclic) bond motifs is 1. The Morgan fingerprint density at radius 2 is 1.81 bits per heavy atom. The molecular formula is C23H28N6O3. The maximum Gasteiger partial charge on any atom is 0.159 e. The average molecular weight is 437 g/mol. The normalized spacial score (nSPS) is 13.8. The lowest BCUT2D eigenvalue weighted by Crippen LogP contribution is -2.37. The molecule has 1 aromatic carbocycles. The summed E-state index contributed by atoms with van der Waals surface area (Å²) in [5.41, 5.74) is 4.02. The molecule has 168 valence electrons. The van der Waals surface area contributed by atoms with Crippen LogP contribution < -0.4 is 4.90 Å². The Balaban J connectivity index is 0.00000119. The summed E-state index contributed by atoms with van der Waals surface area (Å²) in [5, 5.41) is 22.4. The Labute approximate surface area is 186 Å². The predicted molar refractivity (Wildman–Crippen MR) is 123 cm³/mol. The number of morpholine rings is 1. The van der Waals surface area contributed by atoms with E-state index in [4.69, 9.17) is 14.9 Å². The van der Waals surface area contributed by atoms with Gasteiger partial charge in [0.2, 0.25) is 0 Å². The van der Waals surface area contributed by atoms with Gasteiger partial charge in [-0.25, -0.2) is 14.6 Å². The number of ether oxygens (including phenoxy) is 1. The lowest BCUT2D eigenvalue weighted by Gasteiger charge is -2.28. The second-order valence-corrected chi connectivity index (χ2v) is 7.40. The number of hydrogen-bond donors (Lipinski definition) is 3. The van der Waals surface area contributed by atoms with Crippen molar-refractivity contribution in [2.75, 3.05) is 44.9 Å². The summed E-state index contributed by atoms with van der Waals surface area (Å²) < 4.78 is 7.32. The summed E-state index contributed by atoms with van der Waals surface area (Å²) >= 11 is 0. The fourth-order valence-electron chi connectivity index (χ4n) is 3.87. The largest absolute Gasteiger partial charge is 0.400 e. The van der Waals surface area contributed by atoms with Crippen molar-refractivity contribution in [1.82, 2.24) is 24.7 Å². The number of aromatic nitrogens is 5. The molecule has 9 nitrogen and oxygen atoms in total. The standard InChI is InChI=1S/C22H24N6O2.CH4O/c1-15-12-19(17-14-23-18-5-3-2-4-16(17)18)26-28(15)22-13-21(24-20(25-22)6-9-29)27-7-10-30-11-8-27;1-2/h2-5,12-14,23,29H,6-11H2,1H3;2H,1H3. The first-order valence-electron chi connectivity index (χ1n) is 10.6. The number of aryl methyl sites for hydroxylation is 1. The van der Waals surface area contributed by atoms with E-state index in [-0.39, 0.29) is 6.61 Å². The number of aliphatic hydroxyl groups excluding tert-OH is 2. The average Bonchev–Trinajstić information content (AvgIpc) is 3.44. The maximum absolute atomic E-state index is 9.43. The molecule has 4 aromatic rings. The van der Waals surface area contributed by atoms with Crippen LogP contribution in [0.3, 0.4) is 0 Å². The van der Waals surface area contributed by atoms with E-state index in [1.807, 2.05) is 36.0 Å². The third-order valence-corrected chi connectivity index (χ3v) is 5.39. The van der Waals surface area contributed by atoms with Crippen LogP contribution in [-0.4, -0.2) is 75.0 Å². The van der Waals surface area contributed by atoms with Gasteiger partial charge in [-0.2, -0.15) is 5.10 Å². The first kappa shape index (κ1) is 21.9. The van der Waals surface area contributed by atoms with Crippen molar-refractivity contribution < 1.29 is 14.9 Å². The van der Waals surface area contributed by atoms with Crippen molar-refractivity contribution >= 4 is 16.7 Å². The van der Waals surface area contributed by atoms with Gasteiger partial charge >= 0.3 is 0 Å². The molecule has 4 heterocycles. The van der Waals surface area contributed by atoms with Crippen molar-refractivity contribution in [2.24, 2.45) is 0 Å². The van der Waals surface area contributed by atoms with Crippen LogP contribution >= 0.6 is 0 Å². The molecule has 0 bridgehead atoms. The second kappa shape index (κ2) is 9.90. The van der Waals surface area contributed by atoms with Gasteiger partial charge in [0, 0.05) is 61.0 Å². The number of H-pyrrole nitrogens is 1. The number of anilines is 1. The molecule has 1 aliphatic rings. The molecule has 0 atom stereocenters. The zero-order chi connectivity index (χ0) is 22.5. The third-order valence-electron chi connectivity index (χ3n) is 5.39. The van der Waals surface area contributed by atoms with Crippen molar-refractivity contribution in [1.29, 1.82) is 0 Å². The van der Waals surface area contributed by atoms with Crippen molar-refractivity contribution in [2.45, 2.75) is 13.3 Å². The molecule has 0 unspecified atom stereocenters. The van der Waals surface area contributed by atoms with Crippen LogP contribution in [0.1, 0.15) is 11.5 Å². The number of para-hydroxylation sites is 1. The van der Waals surface area contributed by atoms with E-state index in [2.05, 4.69) is 38.1 Å². The van der Waals surface area contributed by atoms with Crippen molar-refractivity contribution in [3.8, 4) is 17.1 Å². The Morgan fingerprint density at radius 1 is 1.06 bits per heavy atom. The number of aromatic amines is 1. The number of benzene rings is 1. The number of aliphatic hydroxyl groups is 2. The van der Waals surface area contributed by atoms with Crippen molar-refractivity contribution in [3.05, 3.63) is 54.1 Å². The quantitative estimate of drug-likeness (QED) is 0.439. The molecule has 1 saturated heterocycles. The van der Waals surface area contributed by atoms with Crippen LogP contribution in [0.5, 0.6) is 0 Å². The minimum atomic E-state index is 0.00465. The molecule has 3 N–H and O–H groups in total. The van der Waals surface area contributed by atoms with E-state index in [1.165, 1.54) is 0 Å². The lowest BCUT2D eigenvalue weighted by atomic mass is 10.1. The SMILES string of the molecule is CO.Cc1cc(-c2c[nH]c3ccccc23)nn1-c1cc(N2CCOCC2)nc(CCO)n1. The molecule has 32 heavy (non-hydrogen) atoms. The molecule has 3 aromatic heterocycles. The second-order valence-electron chi connectivity index (χ2n) is 7.40. The highest BCUT2D eigenvalue weighted by Crippen LogP contribution is 2.29. The first-order valence-corrected chi connectivity index (χ1v) is 10.6. The first-order chi connectivity index (χ1) is 15.7. The molecule has 5 rings (SSSR count). The molecule has 0 aliphatic carbocycles. The van der Waals surface area contributed by atoms with Crippen molar-refractivity contribution in [3.63, 3.8) is 0 Å². The summed E-state index contributed by atoms with van der Waals surface area (Å²) in [6, 6.07) is 12.2. The molecule has 0 amide bonds. The van der Waals surface area contributed by atoms with Crippen LogP contribution in [0.2, 0.25) is 0 Å². The minimum Gasteiger partial charge on any atom is -0.400 e. The fourth-order valence-corrected chi connectivity index (χ4v) is 3.87. The lowest BCUT2D eigenvalue weighted by molar-refractivity contribution is 0.122. The molecule has 1 aliphatic heterocycles. The van der Waals surface area contributed by atoms with Crippen LogP contribution in [-0.2, 0) is 11.2 Å². The maximum atomic E-state index is 9.43. The zero-order valence-electron chi connectivity index (χ0n) is 18.3. The van der Waals surface area contributed by atoms with Gasteiger partial charge in [-0.3, -0.25) is 0 Å². The van der Waals surface area contributed by atoms with Crippen LogP contribution in [0.25, 0.3) is 28.0 Å². The fraction of sp³-hybridized carbons (Fsp3) is 0.348. The highest BCUT2D eigenvalue weighted by Gasteiger charge is 2.18. The number of nitrogens with zero attached hydrogens (tertiary/aromatic N) is 5. The van der Waals surface area contributed by atoms with Crippen LogP contribution in [0.4, 0.5) is 5.82 Å². The van der Waals surface area contributed by atoms with E-state index in [0.717, 1.165) is 53.9 Å². The van der Waals surface area contributed by atoms with E-state index < -0.39 is 0 Å². The summed E-state index contributed by atoms with van der Waals surface area (Å²) in [6.45, 7) is 4.96. The molecule has 9 heteroatoms. The van der Waals surface area contributed by atoms with Gasteiger partial charge in [0.25, 0.3) is 0 Å². The Hall–Kier alpha value is -3.27. The zero-order valence-corrected chi connectivity index (χ0v) is 18.3. The molecular weight excluding hydrogens is 408 g/mol. The summed E-state index contributed by atoms with van der Waals surface area (Å²) in [6.07, 6.45) is 2.40. The minimum absolute atomic E-state index is 0.00465. The summed E-state index contributed by atoms with van der Waals surface area (Å²) in [5.74, 6) is 2.16. The summed E-state index contributed by atoms with van der Waals surface area (Å²) in [7, 11) is 1.00. The number of rotatable bonds is 5. The number of hydrogen-bond acceptors (Lipinski definition) is 7. The van der Waals surface area contributed by atoms with Crippen LogP contribution in [0, 0.1) is 6.92 Å². The predicted octanol–water partition coefficient (Wildman–Crippen LogP) is 2.10. The molecule has 0 radical (unpaired) electrons. The Morgan fingerprint density at radius 3 is 2.59 bits per heavy atom. The van der Waals surface area contributed by atoms with Gasteiger partial charge in [-0.05, 0) is 19.1 Å². The highest BCUT2D eigenvalue weighted by atomic mass is 16.5. The molecule has 0 spiro atoms. The van der Waals surface area contributed by atoms with Gasteiger partial charge in [0.1, 0.15) is 11.6 Å². The highest BCUT2D eigenvalue weighted by molar-refractivity contribution is 5.94. The molecule has 1 fully saturated rings. The third kappa shape index (κ3) is 4.36. The smallest absolute Gasteiger partial charge is 0.159 e.